The number of amides is 1. The van der Waals surface area contributed by atoms with E-state index in [0.29, 0.717) is 48.7 Å². The fourth-order valence-electron chi connectivity index (χ4n) is 4.34. The quantitative estimate of drug-likeness (QED) is 0.215. The van der Waals surface area contributed by atoms with E-state index in [1.807, 2.05) is 0 Å². The van der Waals surface area contributed by atoms with Gasteiger partial charge in [-0.05, 0) is 51.0 Å². The fourth-order valence-corrected chi connectivity index (χ4v) is 4.34. The number of ether oxygens (including phenoxy) is 1. The number of hydrogen-bond donors (Lipinski definition) is 0. The lowest BCUT2D eigenvalue weighted by atomic mass is 9.89. The van der Waals surface area contributed by atoms with E-state index in [4.69, 9.17) is 4.84 Å². The standard InChI is InChI=1S/C27H25F5N4O3/c1-16(35-39-20-6-3-5-19(13-20)38-27(30,31)32)22-15-33-17(2)34-26(22)18-9-11-36(12-10-18)25(37)14-21-23(28)7-4-8-24(21)29/h3-8,13,15,18H,9-12,14H2,1-2H3/b35-16-. The van der Waals surface area contributed by atoms with Crippen molar-refractivity contribution in [3.8, 4) is 11.5 Å². The van der Waals surface area contributed by atoms with Crippen LogP contribution in [0.5, 0.6) is 11.5 Å². The summed E-state index contributed by atoms with van der Waals surface area (Å²) in [5.41, 5.74) is 1.46. The van der Waals surface area contributed by atoms with Crippen LogP contribution in [0.4, 0.5) is 22.0 Å². The molecule has 206 valence electrons. The Hall–Kier alpha value is -4.09. The number of piperidine rings is 1. The molecule has 1 saturated heterocycles. The van der Waals surface area contributed by atoms with Gasteiger partial charge >= 0.3 is 6.36 Å². The smallest absolute Gasteiger partial charge is 0.406 e. The maximum Gasteiger partial charge on any atom is 0.573 e. The molecule has 0 spiro atoms. The molecule has 1 aliphatic rings. The molecule has 0 saturated carbocycles. The first-order valence-corrected chi connectivity index (χ1v) is 12.1. The highest BCUT2D eigenvalue weighted by Gasteiger charge is 2.31. The third-order valence-corrected chi connectivity index (χ3v) is 6.28. The number of halogens is 5. The molecule has 1 aliphatic heterocycles. The summed E-state index contributed by atoms with van der Waals surface area (Å²) in [6, 6.07) is 8.49. The maximum atomic E-state index is 14.0. The minimum Gasteiger partial charge on any atom is -0.406 e. The van der Waals surface area contributed by atoms with Gasteiger partial charge in [0, 0.05) is 42.4 Å². The molecule has 39 heavy (non-hydrogen) atoms. The number of rotatable bonds is 7. The zero-order valence-electron chi connectivity index (χ0n) is 21.1. The molecule has 2 heterocycles. The van der Waals surface area contributed by atoms with E-state index in [9.17, 15) is 26.7 Å². The number of aromatic nitrogens is 2. The van der Waals surface area contributed by atoms with Gasteiger partial charge in [0.05, 0.1) is 17.8 Å². The average Bonchev–Trinajstić information content (AvgIpc) is 2.88. The maximum absolute atomic E-state index is 14.0. The first-order chi connectivity index (χ1) is 18.5. The molecule has 2 aromatic carbocycles. The summed E-state index contributed by atoms with van der Waals surface area (Å²) in [7, 11) is 0. The average molecular weight is 549 g/mol. The minimum atomic E-state index is -4.83. The first kappa shape index (κ1) is 27.9. The lowest BCUT2D eigenvalue weighted by molar-refractivity contribution is -0.274. The molecule has 0 atom stereocenters. The highest BCUT2D eigenvalue weighted by molar-refractivity contribution is 5.99. The van der Waals surface area contributed by atoms with Gasteiger partial charge in [0.15, 0.2) is 5.75 Å². The first-order valence-electron chi connectivity index (χ1n) is 12.1. The van der Waals surface area contributed by atoms with Gasteiger partial charge in [-0.3, -0.25) is 4.79 Å². The van der Waals surface area contributed by atoms with Crippen LogP contribution in [0.3, 0.4) is 0 Å². The number of alkyl halides is 3. The largest absolute Gasteiger partial charge is 0.573 e. The Bertz CT molecular complexity index is 1350. The Kier molecular flexibility index (Phi) is 8.41. The van der Waals surface area contributed by atoms with E-state index < -0.39 is 23.7 Å². The second-order valence-corrected chi connectivity index (χ2v) is 9.04. The number of aryl methyl sites for hydroxylation is 1. The molecule has 4 rings (SSSR count). The van der Waals surface area contributed by atoms with Crippen molar-refractivity contribution in [1.82, 2.24) is 14.9 Å². The number of hydrogen-bond acceptors (Lipinski definition) is 6. The molecule has 0 N–H and O–H groups in total. The second kappa shape index (κ2) is 11.7. The van der Waals surface area contributed by atoms with Crippen LogP contribution < -0.4 is 9.57 Å². The van der Waals surface area contributed by atoms with Gasteiger partial charge in [0.2, 0.25) is 5.91 Å². The Morgan fingerprint density at radius 1 is 1.08 bits per heavy atom. The molecule has 1 fully saturated rings. The lowest BCUT2D eigenvalue weighted by Crippen LogP contribution is -2.39. The predicted molar refractivity (Wildman–Crippen MR) is 131 cm³/mol. The summed E-state index contributed by atoms with van der Waals surface area (Å²) in [4.78, 5) is 28.5. The third-order valence-electron chi connectivity index (χ3n) is 6.28. The van der Waals surface area contributed by atoms with Gasteiger partial charge in [-0.1, -0.05) is 17.3 Å². The van der Waals surface area contributed by atoms with E-state index >= 15 is 0 Å². The van der Waals surface area contributed by atoms with E-state index in [0.717, 1.165) is 24.3 Å². The van der Waals surface area contributed by atoms with Crippen LogP contribution >= 0.6 is 0 Å². The predicted octanol–water partition coefficient (Wildman–Crippen LogP) is 5.71. The summed E-state index contributed by atoms with van der Waals surface area (Å²) in [5, 5.41) is 4.06. The van der Waals surface area contributed by atoms with Crippen molar-refractivity contribution < 1.29 is 36.3 Å². The molecule has 1 amide bonds. The van der Waals surface area contributed by atoms with Gasteiger partial charge in [0.25, 0.3) is 0 Å². The van der Waals surface area contributed by atoms with Gasteiger partial charge in [-0.2, -0.15) is 0 Å². The number of carbonyl (C=O) groups is 1. The Morgan fingerprint density at radius 2 is 1.72 bits per heavy atom. The third kappa shape index (κ3) is 7.27. The van der Waals surface area contributed by atoms with Crippen LogP contribution in [-0.2, 0) is 11.2 Å². The Balaban J connectivity index is 1.44. The van der Waals surface area contributed by atoms with Crippen LogP contribution in [0.2, 0.25) is 0 Å². The summed E-state index contributed by atoms with van der Waals surface area (Å²) in [6.07, 6.45) is -2.49. The number of oxime groups is 1. The summed E-state index contributed by atoms with van der Waals surface area (Å²) in [5.74, 6) is -1.78. The molecule has 12 heteroatoms. The molecule has 0 bridgehead atoms. The molecule has 1 aromatic heterocycles. The van der Waals surface area contributed by atoms with E-state index in [1.165, 1.54) is 18.2 Å². The van der Waals surface area contributed by atoms with Crippen LogP contribution in [-0.4, -0.2) is 45.9 Å². The van der Waals surface area contributed by atoms with Crippen LogP contribution in [0.15, 0.2) is 53.8 Å². The highest BCUT2D eigenvalue weighted by atomic mass is 19.4. The molecule has 0 aliphatic carbocycles. The molecule has 0 unspecified atom stereocenters. The van der Waals surface area contributed by atoms with Gasteiger partial charge in [-0.15, -0.1) is 13.2 Å². The SMILES string of the molecule is C/C(=N/Oc1cccc(OC(F)(F)F)c1)c1cnc(C)nc1C1CCN(C(=O)Cc2c(F)cccc2F)CC1. The van der Waals surface area contributed by atoms with E-state index in [1.54, 1.807) is 24.9 Å². The van der Waals surface area contributed by atoms with Crippen molar-refractivity contribution >= 4 is 11.6 Å². The van der Waals surface area contributed by atoms with Crippen LogP contribution in [0.1, 0.15) is 48.3 Å². The number of carbonyl (C=O) groups excluding carboxylic acids is 1. The van der Waals surface area contributed by atoms with Crippen molar-refractivity contribution in [2.45, 2.75) is 45.4 Å². The van der Waals surface area contributed by atoms with Gasteiger partial charge in [-0.25, -0.2) is 18.7 Å². The van der Waals surface area contributed by atoms with Crippen molar-refractivity contribution in [3.05, 3.63) is 82.9 Å². The Morgan fingerprint density at radius 3 is 2.38 bits per heavy atom. The van der Waals surface area contributed by atoms with E-state index in [-0.39, 0.29) is 29.6 Å². The monoisotopic (exact) mass is 548 g/mol. The van der Waals surface area contributed by atoms with Gasteiger partial charge < -0.3 is 14.5 Å². The van der Waals surface area contributed by atoms with Gasteiger partial charge in [0.1, 0.15) is 23.2 Å². The van der Waals surface area contributed by atoms with Crippen molar-refractivity contribution in [2.75, 3.05) is 13.1 Å². The summed E-state index contributed by atoms with van der Waals surface area (Å²) < 4.78 is 69.4. The van der Waals surface area contributed by atoms with E-state index in [2.05, 4.69) is 19.9 Å². The lowest BCUT2D eigenvalue weighted by Gasteiger charge is -2.32. The van der Waals surface area contributed by atoms with Crippen molar-refractivity contribution in [1.29, 1.82) is 0 Å². The van der Waals surface area contributed by atoms with Crippen molar-refractivity contribution in [3.63, 3.8) is 0 Å². The molecular formula is C27H25F5N4O3. The zero-order valence-corrected chi connectivity index (χ0v) is 21.1. The van der Waals surface area contributed by atoms with Crippen LogP contribution in [0, 0.1) is 18.6 Å². The number of nitrogens with zero attached hydrogens (tertiary/aromatic N) is 4. The minimum absolute atomic E-state index is 0.0452. The fraction of sp³-hybridized carbons (Fsp3) is 0.333. The molecule has 7 nitrogen and oxygen atoms in total. The molecule has 0 radical (unpaired) electrons. The highest BCUT2D eigenvalue weighted by Crippen LogP contribution is 2.30. The summed E-state index contributed by atoms with van der Waals surface area (Å²) >= 11 is 0. The summed E-state index contributed by atoms with van der Waals surface area (Å²) in [6.45, 7) is 4.15. The number of benzene rings is 2. The number of likely N-dealkylation sites (tertiary alicyclic amines) is 1. The zero-order chi connectivity index (χ0) is 28.2. The second-order valence-electron chi connectivity index (χ2n) is 9.04. The molecule has 3 aromatic rings. The Labute approximate surface area is 221 Å². The normalized spacial score (nSPS) is 14.8. The van der Waals surface area contributed by atoms with Crippen LogP contribution in [0.25, 0.3) is 0 Å². The van der Waals surface area contributed by atoms with Crippen molar-refractivity contribution in [2.24, 2.45) is 5.16 Å². The topological polar surface area (TPSA) is 76.9 Å². The molecular weight excluding hydrogens is 523 g/mol.